The number of Topliss-reactive ketones (excluding diaryl/α,β-unsaturated/α-hetero) is 1. The average molecular weight is 275 g/mol. The van der Waals surface area contributed by atoms with Gasteiger partial charge in [-0.1, -0.05) is 41.9 Å². The summed E-state index contributed by atoms with van der Waals surface area (Å²) in [5.74, 6) is 0.519. The van der Waals surface area contributed by atoms with Crippen LogP contribution < -0.4 is 0 Å². The topological polar surface area (TPSA) is 34.9 Å². The van der Waals surface area contributed by atoms with Crippen LogP contribution in [0, 0.1) is 5.92 Å². The predicted octanol–water partition coefficient (Wildman–Crippen LogP) is 3.54. The number of ketones is 1. The van der Waals surface area contributed by atoms with Gasteiger partial charge < -0.3 is 0 Å². The summed E-state index contributed by atoms with van der Waals surface area (Å²) >= 11 is 6.08. The summed E-state index contributed by atoms with van der Waals surface area (Å²) in [6.45, 7) is 2.62. The van der Waals surface area contributed by atoms with Gasteiger partial charge >= 0.3 is 0 Å². The Morgan fingerprint density at radius 1 is 1.42 bits per heavy atom. The highest BCUT2D eigenvalue weighted by Gasteiger charge is 2.45. The minimum Gasteiger partial charge on any atom is -0.292 e. The first-order valence-corrected chi connectivity index (χ1v) is 6.90. The lowest BCUT2D eigenvalue weighted by molar-refractivity contribution is 0.0955. The fraction of sp³-hybridized carbons (Fsp3) is 0.333. The van der Waals surface area contributed by atoms with E-state index in [0.29, 0.717) is 23.2 Å². The Labute approximate surface area is 117 Å². The minimum absolute atomic E-state index is 0.0573. The van der Waals surface area contributed by atoms with Crippen LogP contribution in [0.4, 0.5) is 0 Å². The molecule has 0 aliphatic heterocycles. The van der Waals surface area contributed by atoms with Crippen molar-refractivity contribution in [1.82, 2.24) is 9.78 Å². The lowest BCUT2D eigenvalue weighted by Gasteiger charge is -2.04. The van der Waals surface area contributed by atoms with Gasteiger partial charge in [0, 0.05) is 12.5 Å². The third-order valence-electron chi connectivity index (χ3n) is 3.68. The van der Waals surface area contributed by atoms with Crippen LogP contribution in [0.1, 0.15) is 35.3 Å². The zero-order valence-electron chi connectivity index (χ0n) is 10.7. The van der Waals surface area contributed by atoms with E-state index in [9.17, 15) is 4.79 Å². The highest BCUT2D eigenvalue weighted by atomic mass is 35.5. The van der Waals surface area contributed by atoms with Gasteiger partial charge in [0.2, 0.25) is 0 Å². The molecular formula is C15H15ClN2O. The van der Waals surface area contributed by atoms with Gasteiger partial charge in [0.1, 0.15) is 5.69 Å². The van der Waals surface area contributed by atoms with E-state index in [4.69, 9.17) is 11.6 Å². The first-order valence-electron chi connectivity index (χ1n) is 6.52. The first kappa shape index (κ1) is 12.4. The second-order valence-electron chi connectivity index (χ2n) is 4.88. The molecule has 2 aromatic rings. The van der Waals surface area contributed by atoms with Gasteiger partial charge in [0.05, 0.1) is 11.2 Å². The molecule has 0 amide bonds. The Bertz CT molecular complexity index is 606. The summed E-state index contributed by atoms with van der Waals surface area (Å²) in [6, 6.07) is 10.2. The van der Waals surface area contributed by atoms with E-state index in [1.54, 1.807) is 10.9 Å². The van der Waals surface area contributed by atoms with E-state index in [2.05, 4.69) is 17.2 Å². The molecule has 2 atom stereocenters. The monoisotopic (exact) mass is 274 g/mol. The van der Waals surface area contributed by atoms with Crippen LogP contribution >= 0.6 is 11.6 Å². The van der Waals surface area contributed by atoms with Crippen molar-refractivity contribution in [3.8, 4) is 0 Å². The molecule has 98 valence electrons. The summed E-state index contributed by atoms with van der Waals surface area (Å²) in [4.78, 5) is 12.5. The Hall–Kier alpha value is -1.61. The molecule has 0 radical (unpaired) electrons. The van der Waals surface area contributed by atoms with Crippen molar-refractivity contribution in [2.24, 2.45) is 5.92 Å². The number of rotatable bonds is 4. The van der Waals surface area contributed by atoms with Crippen molar-refractivity contribution in [3.63, 3.8) is 0 Å². The third kappa shape index (κ3) is 2.19. The maximum absolute atomic E-state index is 12.5. The van der Waals surface area contributed by atoms with Crippen molar-refractivity contribution in [1.29, 1.82) is 0 Å². The summed E-state index contributed by atoms with van der Waals surface area (Å²) in [5.41, 5.74) is 1.80. The molecule has 1 aromatic carbocycles. The van der Waals surface area contributed by atoms with E-state index < -0.39 is 0 Å². The molecule has 0 bridgehead atoms. The number of hydrogen-bond acceptors (Lipinski definition) is 2. The molecule has 1 saturated carbocycles. The number of benzene rings is 1. The number of halogens is 1. The van der Waals surface area contributed by atoms with Gasteiger partial charge in [0.15, 0.2) is 5.78 Å². The van der Waals surface area contributed by atoms with E-state index >= 15 is 0 Å². The van der Waals surface area contributed by atoms with Gasteiger partial charge in [-0.05, 0) is 24.8 Å². The van der Waals surface area contributed by atoms with Crippen LogP contribution in [0.25, 0.3) is 0 Å². The Balaban J connectivity index is 1.82. The molecule has 1 heterocycles. The SMILES string of the molecule is CCn1ncc(Cl)c1C(=O)C1CC1c1ccccc1. The standard InChI is InChI=1S/C15H15ClN2O/c1-2-18-14(13(16)9-17-18)15(19)12-8-11(12)10-6-4-3-5-7-10/h3-7,9,11-12H,2,8H2,1H3. The third-order valence-corrected chi connectivity index (χ3v) is 3.96. The summed E-state index contributed by atoms with van der Waals surface area (Å²) < 4.78 is 1.69. The number of carbonyl (C=O) groups excluding carboxylic acids is 1. The molecule has 1 aliphatic rings. The largest absolute Gasteiger partial charge is 0.292 e. The maximum atomic E-state index is 12.5. The number of aryl methyl sites for hydroxylation is 1. The number of aromatic nitrogens is 2. The Morgan fingerprint density at radius 3 is 2.84 bits per heavy atom. The predicted molar refractivity (Wildman–Crippen MR) is 74.5 cm³/mol. The average Bonchev–Trinajstić information content (AvgIpc) is 3.16. The van der Waals surface area contributed by atoms with Crippen molar-refractivity contribution >= 4 is 17.4 Å². The molecule has 3 nitrogen and oxygen atoms in total. The summed E-state index contributed by atoms with van der Waals surface area (Å²) in [6.07, 6.45) is 2.46. The summed E-state index contributed by atoms with van der Waals surface area (Å²) in [5, 5.41) is 4.59. The fourth-order valence-corrected chi connectivity index (χ4v) is 2.81. The van der Waals surface area contributed by atoms with Crippen LogP contribution in [0.3, 0.4) is 0 Å². The van der Waals surface area contributed by atoms with Gasteiger partial charge in [-0.15, -0.1) is 0 Å². The van der Waals surface area contributed by atoms with Crippen LogP contribution in [-0.4, -0.2) is 15.6 Å². The summed E-state index contributed by atoms with van der Waals surface area (Å²) in [7, 11) is 0. The molecule has 1 fully saturated rings. The molecule has 3 rings (SSSR count). The number of carbonyl (C=O) groups is 1. The molecule has 0 N–H and O–H groups in total. The Morgan fingerprint density at radius 2 is 2.16 bits per heavy atom. The molecule has 2 unspecified atom stereocenters. The van der Waals surface area contributed by atoms with Crippen LogP contribution in [0.2, 0.25) is 5.02 Å². The highest BCUT2D eigenvalue weighted by molar-refractivity contribution is 6.33. The van der Waals surface area contributed by atoms with Crippen molar-refractivity contribution in [3.05, 3.63) is 52.8 Å². The van der Waals surface area contributed by atoms with E-state index in [1.165, 1.54) is 5.56 Å². The van der Waals surface area contributed by atoms with Gasteiger partial charge in [-0.2, -0.15) is 5.10 Å². The van der Waals surface area contributed by atoms with Crippen molar-refractivity contribution < 1.29 is 4.79 Å². The molecular weight excluding hydrogens is 260 g/mol. The molecule has 0 spiro atoms. The minimum atomic E-state index is 0.0573. The zero-order chi connectivity index (χ0) is 13.4. The van der Waals surface area contributed by atoms with Crippen molar-refractivity contribution in [2.45, 2.75) is 25.8 Å². The number of hydrogen-bond donors (Lipinski definition) is 0. The van der Waals surface area contributed by atoms with Crippen LogP contribution in [0.15, 0.2) is 36.5 Å². The van der Waals surface area contributed by atoms with E-state index in [1.807, 2.05) is 25.1 Å². The lowest BCUT2D eigenvalue weighted by Crippen LogP contribution is -2.12. The first-order chi connectivity index (χ1) is 9.22. The van der Waals surface area contributed by atoms with Gasteiger partial charge in [-0.3, -0.25) is 9.48 Å². The van der Waals surface area contributed by atoms with Crippen molar-refractivity contribution in [2.75, 3.05) is 0 Å². The normalized spacial score (nSPS) is 21.4. The van der Waals surface area contributed by atoms with E-state index in [0.717, 1.165) is 6.42 Å². The molecule has 1 aliphatic carbocycles. The highest BCUT2D eigenvalue weighted by Crippen LogP contribution is 2.49. The molecule has 19 heavy (non-hydrogen) atoms. The second-order valence-corrected chi connectivity index (χ2v) is 5.29. The Kier molecular flexibility index (Phi) is 3.15. The quantitative estimate of drug-likeness (QED) is 0.799. The van der Waals surface area contributed by atoms with Gasteiger partial charge in [0.25, 0.3) is 0 Å². The zero-order valence-corrected chi connectivity index (χ0v) is 11.5. The maximum Gasteiger partial charge on any atom is 0.186 e. The fourth-order valence-electron chi connectivity index (χ4n) is 2.58. The molecule has 1 aromatic heterocycles. The number of nitrogens with zero attached hydrogens (tertiary/aromatic N) is 2. The van der Waals surface area contributed by atoms with Crippen LogP contribution in [-0.2, 0) is 6.54 Å². The lowest BCUT2D eigenvalue weighted by atomic mass is 10.1. The van der Waals surface area contributed by atoms with E-state index in [-0.39, 0.29) is 11.7 Å². The van der Waals surface area contributed by atoms with Gasteiger partial charge in [-0.25, -0.2) is 0 Å². The molecule has 0 saturated heterocycles. The smallest absolute Gasteiger partial charge is 0.186 e. The molecule has 4 heteroatoms. The second kappa shape index (κ2) is 4.82. The van der Waals surface area contributed by atoms with Crippen LogP contribution in [0.5, 0.6) is 0 Å².